The van der Waals surface area contributed by atoms with E-state index in [1.54, 1.807) is 6.92 Å². The molecule has 1 aliphatic rings. The van der Waals surface area contributed by atoms with Gasteiger partial charge >= 0.3 is 0 Å². The van der Waals surface area contributed by atoms with Crippen LogP contribution in [0.1, 0.15) is 34.5 Å². The number of Topliss-reactive ketones (excluding diaryl/α,β-unsaturated/α-hetero) is 1. The third kappa shape index (κ3) is 1.10. The van der Waals surface area contributed by atoms with Gasteiger partial charge in [-0.2, -0.15) is 0 Å². The molecular formula is C11H12O2. The molecule has 1 N–H and O–H groups in total. The SMILES string of the molecule is Cc1ccc2c(c1)C(=O)C(C)C2O. The maximum Gasteiger partial charge on any atom is 0.168 e. The van der Waals surface area contributed by atoms with E-state index in [1.807, 2.05) is 25.1 Å². The summed E-state index contributed by atoms with van der Waals surface area (Å²) in [4.78, 5) is 11.6. The summed E-state index contributed by atoms with van der Waals surface area (Å²) in [5.74, 6) is -0.219. The molecule has 0 fully saturated rings. The van der Waals surface area contributed by atoms with Crippen LogP contribution in [0.4, 0.5) is 0 Å². The van der Waals surface area contributed by atoms with Crippen LogP contribution in [0.25, 0.3) is 0 Å². The summed E-state index contributed by atoms with van der Waals surface area (Å²) in [6.45, 7) is 3.71. The first kappa shape index (κ1) is 8.45. The average Bonchev–Trinajstić information content (AvgIpc) is 2.32. The number of aliphatic hydroxyl groups is 1. The molecule has 0 amide bonds. The Labute approximate surface area is 77.2 Å². The Morgan fingerprint density at radius 3 is 2.77 bits per heavy atom. The first-order valence-corrected chi connectivity index (χ1v) is 4.44. The van der Waals surface area contributed by atoms with E-state index >= 15 is 0 Å². The van der Waals surface area contributed by atoms with Gasteiger partial charge in [-0.3, -0.25) is 4.79 Å². The Hall–Kier alpha value is -1.15. The summed E-state index contributed by atoms with van der Waals surface area (Å²) in [6, 6.07) is 5.62. The predicted molar refractivity (Wildman–Crippen MR) is 49.6 cm³/mol. The number of rotatable bonds is 0. The van der Waals surface area contributed by atoms with Gasteiger partial charge in [0.05, 0.1) is 6.10 Å². The standard InChI is InChI=1S/C11H12O2/c1-6-3-4-8-9(5-6)11(13)7(2)10(8)12/h3-5,7,10,12H,1-2H3. The van der Waals surface area contributed by atoms with Crippen molar-refractivity contribution in [2.24, 2.45) is 5.92 Å². The minimum Gasteiger partial charge on any atom is -0.388 e. The van der Waals surface area contributed by atoms with Crippen LogP contribution in [0.15, 0.2) is 18.2 Å². The van der Waals surface area contributed by atoms with Crippen LogP contribution in [-0.2, 0) is 0 Å². The topological polar surface area (TPSA) is 37.3 Å². The van der Waals surface area contributed by atoms with E-state index in [4.69, 9.17) is 0 Å². The highest BCUT2D eigenvalue weighted by Gasteiger charge is 2.34. The summed E-state index contributed by atoms with van der Waals surface area (Å²) >= 11 is 0. The Morgan fingerprint density at radius 2 is 2.08 bits per heavy atom. The Bertz CT molecular complexity index is 368. The van der Waals surface area contributed by atoms with Crippen molar-refractivity contribution >= 4 is 5.78 Å². The minimum absolute atomic E-state index is 0.0613. The molecule has 0 saturated heterocycles. The monoisotopic (exact) mass is 176 g/mol. The van der Waals surface area contributed by atoms with Gasteiger partial charge in [-0.05, 0) is 18.6 Å². The van der Waals surface area contributed by atoms with Crippen molar-refractivity contribution in [3.63, 3.8) is 0 Å². The Balaban J connectivity index is 2.60. The molecule has 0 heterocycles. The lowest BCUT2D eigenvalue weighted by Gasteiger charge is -2.06. The van der Waals surface area contributed by atoms with E-state index in [2.05, 4.69) is 0 Å². The van der Waals surface area contributed by atoms with Crippen molar-refractivity contribution in [1.29, 1.82) is 0 Å². The molecule has 0 aromatic heterocycles. The van der Waals surface area contributed by atoms with Gasteiger partial charge in [-0.15, -0.1) is 0 Å². The molecule has 2 atom stereocenters. The first-order chi connectivity index (χ1) is 6.11. The second-order valence-corrected chi connectivity index (χ2v) is 3.69. The molecule has 2 unspecified atom stereocenters. The van der Waals surface area contributed by atoms with Crippen LogP contribution in [0.2, 0.25) is 0 Å². The average molecular weight is 176 g/mol. The van der Waals surface area contributed by atoms with Gasteiger partial charge in [0.25, 0.3) is 0 Å². The molecule has 13 heavy (non-hydrogen) atoms. The quantitative estimate of drug-likeness (QED) is 0.655. The first-order valence-electron chi connectivity index (χ1n) is 4.44. The number of hydrogen-bond donors (Lipinski definition) is 1. The number of carbonyl (C=O) groups is 1. The maximum absolute atomic E-state index is 11.6. The molecule has 1 aromatic rings. The number of fused-ring (bicyclic) bond motifs is 1. The Morgan fingerprint density at radius 1 is 1.38 bits per heavy atom. The van der Waals surface area contributed by atoms with Crippen molar-refractivity contribution in [3.8, 4) is 0 Å². The van der Waals surface area contributed by atoms with Crippen molar-refractivity contribution in [3.05, 3.63) is 34.9 Å². The zero-order valence-corrected chi connectivity index (χ0v) is 7.74. The lowest BCUT2D eigenvalue weighted by Crippen LogP contribution is -2.08. The lowest BCUT2D eigenvalue weighted by atomic mass is 10.1. The fourth-order valence-corrected chi connectivity index (χ4v) is 1.80. The maximum atomic E-state index is 11.6. The molecule has 0 radical (unpaired) electrons. The number of ketones is 1. The van der Waals surface area contributed by atoms with Gasteiger partial charge in [0, 0.05) is 11.5 Å². The fourth-order valence-electron chi connectivity index (χ4n) is 1.80. The number of carbonyl (C=O) groups excluding carboxylic acids is 1. The van der Waals surface area contributed by atoms with Crippen molar-refractivity contribution in [2.45, 2.75) is 20.0 Å². The second-order valence-electron chi connectivity index (χ2n) is 3.69. The minimum atomic E-state index is -0.608. The number of hydrogen-bond acceptors (Lipinski definition) is 2. The number of aliphatic hydroxyl groups excluding tert-OH is 1. The molecule has 1 aromatic carbocycles. The highest BCUT2D eigenvalue weighted by atomic mass is 16.3. The molecule has 2 rings (SSSR count). The molecule has 2 nitrogen and oxygen atoms in total. The van der Waals surface area contributed by atoms with Gasteiger partial charge in [0.2, 0.25) is 0 Å². The van der Waals surface area contributed by atoms with Gasteiger partial charge in [-0.1, -0.05) is 24.6 Å². The van der Waals surface area contributed by atoms with Gasteiger partial charge in [-0.25, -0.2) is 0 Å². The summed E-state index contributed by atoms with van der Waals surface area (Å²) in [6.07, 6.45) is -0.608. The van der Waals surface area contributed by atoms with Gasteiger partial charge in [0.15, 0.2) is 5.78 Å². The molecule has 1 aliphatic carbocycles. The van der Waals surface area contributed by atoms with Crippen molar-refractivity contribution in [1.82, 2.24) is 0 Å². The van der Waals surface area contributed by atoms with Crippen molar-refractivity contribution in [2.75, 3.05) is 0 Å². The van der Waals surface area contributed by atoms with Crippen LogP contribution in [-0.4, -0.2) is 10.9 Å². The van der Waals surface area contributed by atoms with E-state index in [9.17, 15) is 9.90 Å². The lowest BCUT2D eigenvalue weighted by molar-refractivity contribution is 0.0790. The molecule has 0 spiro atoms. The zero-order chi connectivity index (χ0) is 9.59. The fraction of sp³-hybridized carbons (Fsp3) is 0.364. The van der Waals surface area contributed by atoms with Crippen LogP contribution in [0.3, 0.4) is 0 Å². The van der Waals surface area contributed by atoms with E-state index < -0.39 is 6.10 Å². The largest absolute Gasteiger partial charge is 0.388 e. The smallest absolute Gasteiger partial charge is 0.168 e. The third-order valence-corrected chi connectivity index (χ3v) is 2.68. The zero-order valence-electron chi connectivity index (χ0n) is 7.74. The normalized spacial score (nSPS) is 26.2. The summed E-state index contributed by atoms with van der Waals surface area (Å²) < 4.78 is 0. The molecule has 2 heteroatoms. The highest BCUT2D eigenvalue weighted by Crippen LogP contribution is 2.35. The Kier molecular flexibility index (Phi) is 1.74. The molecule has 68 valence electrons. The molecule has 0 saturated carbocycles. The number of aryl methyl sites for hydroxylation is 1. The number of benzene rings is 1. The molecule has 0 bridgehead atoms. The summed E-state index contributed by atoms with van der Waals surface area (Å²) in [5, 5.41) is 9.69. The van der Waals surface area contributed by atoms with E-state index in [0.29, 0.717) is 5.56 Å². The van der Waals surface area contributed by atoms with E-state index in [1.165, 1.54) is 0 Å². The van der Waals surface area contributed by atoms with E-state index in [0.717, 1.165) is 11.1 Å². The van der Waals surface area contributed by atoms with Crippen LogP contribution >= 0.6 is 0 Å². The van der Waals surface area contributed by atoms with Crippen LogP contribution in [0, 0.1) is 12.8 Å². The predicted octanol–water partition coefficient (Wildman–Crippen LogP) is 1.86. The molecular weight excluding hydrogens is 164 g/mol. The summed E-state index contributed by atoms with van der Waals surface area (Å²) in [5.41, 5.74) is 2.54. The molecule has 0 aliphatic heterocycles. The van der Waals surface area contributed by atoms with Crippen LogP contribution in [0.5, 0.6) is 0 Å². The second kappa shape index (κ2) is 2.67. The van der Waals surface area contributed by atoms with Gasteiger partial charge < -0.3 is 5.11 Å². The highest BCUT2D eigenvalue weighted by molar-refractivity contribution is 6.02. The van der Waals surface area contributed by atoms with E-state index in [-0.39, 0.29) is 11.7 Å². The van der Waals surface area contributed by atoms with Crippen LogP contribution < -0.4 is 0 Å². The van der Waals surface area contributed by atoms with Gasteiger partial charge in [0.1, 0.15) is 0 Å². The third-order valence-electron chi connectivity index (χ3n) is 2.68. The van der Waals surface area contributed by atoms with Crippen molar-refractivity contribution < 1.29 is 9.90 Å². The summed E-state index contributed by atoms with van der Waals surface area (Å²) in [7, 11) is 0.